The van der Waals surface area contributed by atoms with Crippen LogP contribution in [0.1, 0.15) is 11.1 Å². The van der Waals surface area contributed by atoms with Gasteiger partial charge in [0.05, 0.1) is 17.1 Å². The molecule has 2 aromatic carbocycles. The van der Waals surface area contributed by atoms with E-state index in [0.717, 1.165) is 15.9 Å². The summed E-state index contributed by atoms with van der Waals surface area (Å²) in [6, 6.07) is 12.3. The van der Waals surface area contributed by atoms with Crippen LogP contribution < -0.4 is 0 Å². The number of nitrogens with zero attached hydrogens (tertiary/aromatic N) is 1. The van der Waals surface area contributed by atoms with Crippen LogP contribution in [0, 0.1) is 17.7 Å². The third kappa shape index (κ3) is 4.87. The molecule has 0 amide bonds. The fourth-order valence-corrected chi connectivity index (χ4v) is 3.66. The summed E-state index contributed by atoms with van der Waals surface area (Å²) < 4.78 is 40.7. The Kier molecular flexibility index (Phi) is 6.67. The van der Waals surface area contributed by atoms with Crippen molar-refractivity contribution >= 4 is 10.0 Å². The summed E-state index contributed by atoms with van der Waals surface area (Å²) in [5.74, 6) is 3.94. The number of aliphatic hydroxyl groups excluding tert-OH is 2. The van der Waals surface area contributed by atoms with Gasteiger partial charge in [0.15, 0.2) is 0 Å². The van der Waals surface area contributed by atoms with E-state index in [-0.39, 0.29) is 30.2 Å². The first kappa shape index (κ1) is 19.1. The minimum absolute atomic E-state index is 0.00441. The number of rotatable bonds is 6. The Morgan fingerprint density at radius 1 is 1.08 bits per heavy atom. The predicted molar refractivity (Wildman–Crippen MR) is 91.5 cm³/mol. The van der Waals surface area contributed by atoms with Crippen LogP contribution in [0.2, 0.25) is 0 Å². The molecule has 2 rings (SSSR count). The first-order valence-corrected chi connectivity index (χ1v) is 8.97. The Balaban J connectivity index is 2.34. The fraction of sp³-hybridized carbons (Fsp3) is 0.222. The third-order valence-electron chi connectivity index (χ3n) is 3.43. The minimum atomic E-state index is -3.99. The standard InChI is InChI=1S/C18H18FNO4S/c19-18-13-17(9-8-16(18)7-4-11-21)25(23,24)20(10-12-22)14-15-5-2-1-3-6-15/h1-3,5-6,8-9,13,21-22H,10-12,14H2. The van der Waals surface area contributed by atoms with Crippen molar-refractivity contribution in [2.45, 2.75) is 11.4 Å². The van der Waals surface area contributed by atoms with E-state index in [1.807, 2.05) is 6.07 Å². The third-order valence-corrected chi connectivity index (χ3v) is 5.27. The molecule has 0 bridgehead atoms. The normalized spacial score (nSPS) is 11.2. The molecule has 0 radical (unpaired) electrons. The van der Waals surface area contributed by atoms with Gasteiger partial charge in [-0.2, -0.15) is 4.31 Å². The molecule has 2 aromatic rings. The maximum Gasteiger partial charge on any atom is 0.243 e. The largest absolute Gasteiger partial charge is 0.395 e. The van der Waals surface area contributed by atoms with E-state index in [1.54, 1.807) is 24.3 Å². The molecule has 0 aromatic heterocycles. The van der Waals surface area contributed by atoms with Crippen LogP contribution in [-0.4, -0.2) is 42.7 Å². The van der Waals surface area contributed by atoms with E-state index >= 15 is 0 Å². The zero-order chi connectivity index (χ0) is 18.3. The number of aliphatic hydroxyl groups is 2. The predicted octanol–water partition coefficient (Wildman–Crippen LogP) is 1.35. The van der Waals surface area contributed by atoms with Gasteiger partial charge >= 0.3 is 0 Å². The lowest BCUT2D eigenvalue weighted by atomic mass is 10.2. The second-order valence-electron chi connectivity index (χ2n) is 5.15. The number of hydrogen-bond donors (Lipinski definition) is 2. The lowest BCUT2D eigenvalue weighted by Crippen LogP contribution is -2.33. The highest BCUT2D eigenvalue weighted by molar-refractivity contribution is 7.89. The van der Waals surface area contributed by atoms with Crippen molar-refractivity contribution in [1.29, 1.82) is 0 Å². The summed E-state index contributed by atoms with van der Waals surface area (Å²) in [6.07, 6.45) is 0. The first-order valence-electron chi connectivity index (χ1n) is 7.53. The van der Waals surface area contributed by atoms with Crippen molar-refractivity contribution in [2.75, 3.05) is 19.8 Å². The highest BCUT2D eigenvalue weighted by atomic mass is 32.2. The van der Waals surface area contributed by atoms with Gasteiger partial charge in [-0.15, -0.1) is 0 Å². The van der Waals surface area contributed by atoms with Crippen LogP contribution >= 0.6 is 0 Å². The van der Waals surface area contributed by atoms with Gasteiger partial charge in [0.25, 0.3) is 0 Å². The molecule has 2 N–H and O–H groups in total. The summed E-state index contributed by atoms with van der Waals surface area (Å²) in [5, 5.41) is 17.9. The molecule has 0 aliphatic rings. The van der Waals surface area contributed by atoms with Crippen LogP contribution in [0.15, 0.2) is 53.4 Å². The van der Waals surface area contributed by atoms with Gasteiger partial charge in [0, 0.05) is 13.1 Å². The van der Waals surface area contributed by atoms with E-state index < -0.39 is 22.4 Å². The second kappa shape index (κ2) is 8.74. The number of halogens is 1. The maximum atomic E-state index is 14.1. The molecule has 0 aliphatic heterocycles. The maximum absolute atomic E-state index is 14.1. The summed E-state index contributed by atoms with van der Waals surface area (Å²) in [6.45, 7) is -0.808. The summed E-state index contributed by atoms with van der Waals surface area (Å²) >= 11 is 0. The van der Waals surface area contributed by atoms with E-state index in [2.05, 4.69) is 11.8 Å². The fourth-order valence-electron chi connectivity index (χ4n) is 2.22. The van der Waals surface area contributed by atoms with Crippen LogP contribution in [-0.2, 0) is 16.6 Å². The Bertz CT molecular complexity index is 873. The zero-order valence-electron chi connectivity index (χ0n) is 13.4. The molecule has 0 unspecified atom stereocenters. The van der Waals surface area contributed by atoms with Gasteiger partial charge in [0.2, 0.25) is 10.0 Å². The van der Waals surface area contributed by atoms with E-state index in [9.17, 15) is 17.9 Å². The summed E-state index contributed by atoms with van der Waals surface area (Å²) in [5.41, 5.74) is 0.759. The second-order valence-corrected chi connectivity index (χ2v) is 7.09. The van der Waals surface area contributed by atoms with Crippen molar-refractivity contribution in [3.05, 3.63) is 65.5 Å². The Labute approximate surface area is 146 Å². The molecular weight excluding hydrogens is 345 g/mol. The van der Waals surface area contributed by atoms with Gasteiger partial charge in [-0.1, -0.05) is 42.2 Å². The van der Waals surface area contributed by atoms with Gasteiger partial charge in [-0.3, -0.25) is 0 Å². The molecule has 0 spiro atoms. The Hall–Kier alpha value is -2.24. The topological polar surface area (TPSA) is 77.8 Å². The SMILES string of the molecule is O=S(=O)(c1ccc(C#CCO)c(F)c1)N(CCO)Cc1ccccc1. The van der Waals surface area contributed by atoms with Gasteiger partial charge < -0.3 is 10.2 Å². The molecule has 132 valence electrons. The van der Waals surface area contributed by atoms with E-state index in [1.165, 1.54) is 12.1 Å². The molecule has 0 heterocycles. The lowest BCUT2D eigenvalue weighted by Gasteiger charge is -2.21. The Morgan fingerprint density at radius 2 is 1.80 bits per heavy atom. The van der Waals surface area contributed by atoms with Crippen LogP contribution in [0.25, 0.3) is 0 Å². The van der Waals surface area contributed by atoms with Crippen molar-refractivity contribution < 1.29 is 23.0 Å². The van der Waals surface area contributed by atoms with Gasteiger partial charge in [-0.25, -0.2) is 12.8 Å². The van der Waals surface area contributed by atoms with E-state index in [0.29, 0.717) is 0 Å². The zero-order valence-corrected chi connectivity index (χ0v) is 14.2. The molecule has 0 atom stereocenters. The van der Waals surface area contributed by atoms with Gasteiger partial charge in [-0.05, 0) is 23.8 Å². The molecule has 25 heavy (non-hydrogen) atoms. The number of hydrogen-bond acceptors (Lipinski definition) is 4. The molecule has 0 saturated heterocycles. The number of benzene rings is 2. The van der Waals surface area contributed by atoms with Crippen LogP contribution in [0.3, 0.4) is 0 Å². The van der Waals surface area contributed by atoms with Crippen LogP contribution in [0.4, 0.5) is 4.39 Å². The molecule has 0 aliphatic carbocycles. The molecular formula is C18H18FNO4S. The molecule has 7 heteroatoms. The van der Waals surface area contributed by atoms with Crippen LogP contribution in [0.5, 0.6) is 0 Å². The van der Waals surface area contributed by atoms with Crippen molar-refractivity contribution in [1.82, 2.24) is 4.31 Å². The monoisotopic (exact) mass is 363 g/mol. The molecule has 0 fully saturated rings. The molecule has 5 nitrogen and oxygen atoms in total. The highest BCUT2D eigenvalue weighted by Gasteiger charge is 2.25. The highest BCUT2D eigenvalue weighted by Crippen LogP contribution is 2.20. The Morgan fingerprint density at radius 3 is 2.40 bits per heavy atom. The van der Waals surface area contributed by atoms with Gasteiger partial charge in [0.1, 0.15) is 12.4 Å². The number of sulfonamides is 1. The summed E-state index contributed by atoms with van der Waals surface area (Å²) in [7, 11) is -3.99. The first-order chi connectivity index (χ1) is 12.0. The average molecular weight is 363 g/mol. The summed E-state index contributed by atoms with van der Waals surface area (Å²) in [4.78, 5) is -0.219. The average Bonchev–Trinajstić information content (AvgIpc) is 2.61. The smallest absolute Gasteiger partial charge is 0.243 e. The minimum Gasteiger partial charge on any atom is -0.395 e. The lowest BCUT2D eigenvalue weighted by molar-refractivity contribution is 0.251. The molecule has 0 saturated carbocycles. The quantitative estimate of drug-likeness (QED) is 0.760. The van der Waals surface area contributed by atoms with Crippen molar-refractivity contribution in [3.8, 4) is 11.8 Å². The van der Waals surface area contributed by atoms with Crippen molar-refractivity contribution in [3.63, 3.8) is 0 Å². The van der Waals surface area contributed by atoms with E-state index in [4.69, 9.17) is 5.11 Å². The van der Waals surface area contributed by atoms with Crippen molar-refractivity contribution in [2.24, 2.45) is 0 Å².